The molecule has 0 aliphatic carbocycles. The zero-order valence-electron chi connectivity index (χ0n) is 10.0. The van der Waals surface area contributed by atoms with Gasteiger partial charge in [-0.15, -0.1) is 0 Å². The second-order valence-corrected chi connectivity index (χ2v) is 3.88. The quantitative estimate of drug-likeness (QED) is 0.576. The maximum atomic E-state index is 10.9. The highest BCUT2D eigenvalue weighted by atomic mass is 16.5. The molecule has 1 unspecified atom stereocenters. The molecular weight excluding hydrogens is 194 g/mol. The van der Waals surface area contributed by atoms with Crippen LogP contribution in [0.3, 0.4) is 0 Å². The van der Waals surface area contributed by atoms with E-state index >= 15 is 0 Å². The van der Waals surface area contributed by atoms with Gasteiger partial charge in [0.1, 0.15) is 5.54 Å². The molecule has 15 heavy (non-hydrogen) atoms. The predicted molar refractivity (Wildman–Crippen MR) is 60.1 cm³/mol. The molecule has 0 saturated carbocycles. The van der Waals surface area contributed by atoms with Crippen LogP contribution < -0.4 is 5.32 Å². The fourth-order valence-corrected chi connectivity index (χ4v) is 1.10. The van der Waals surface area contributed by atoms with Crippen molar-refractivity contribution < 1.29 is 14.6 Å². The smallest absolute Gasteiger partial charge is 0.323 e. The fourth-order valence-electron chi connectivity index (χ4n) is 1.10. The average Bonchev–Trinajstić information content (AvgIpc) is 2.22. The lowest BCUT2D eigenvalue weighted by Crippen LogP contribution is -2.50. The van der Waals surface area contributed by atoms with E-state index in [2.05, 4.69) is 12.2 Å². The Kier molecular flexibility index (Phi) is 7.34. The van der Waals surface area contributed by atoms with Gasteiger partial charge < -0.3 is 9.84 Å². The Morgan fingerprint density at radius 2 is 2.07 bits per heavy atom. The molecule has 0 heterocycles. The highest BCUT2D eigenvalue weighted by Crippen LogP contribution is 2.08. The minimum absolute atomic E-state index is 0.567. The van der Waals surface area contributed by atoms with Gasteiger partial charge in [0.25, 0.3) is 0 Å². The van der Waals surface area contributed by atoms with Gasteiger partial charge in [-0.1, -0.05) is 20.3 Å². The average molecular weight is 217 g/mol. The summed E-state index contributed by atoms with van der Waals surface area (Å²) in [5.74, 6) is -0.807. The molecular formula is C11H23NO3. The van der Waals surface area contributed by atoms with E-state index in [1.165, 1.54) is 0 Å². The van der Waals surface area contributed by atoms with Crippen LogP contribution in [0.25, 0.3) is 0 Å². The molecule has 1 atom stereocenters. The highest BCUT2D eigenvalue weighted by molar-refractivity contribution is 5.78. The summed E-state index contributed by atoms with van der Waals surface area (Å²) in [5, 5.41) is 12.0. The molecule has 0 bridgehead atoms. The van der Waals surface area contributed by atoms with Gasteiger partial charge in [0.15, 0.2) is 0 Å². The molecule has 0 aliphatic heterocycles. The largest absolute Gasteiger partial charge is 0.480 e. The molecule has 0 fully saturated rings. The third kappa shape index (κ3) is 5.74. The van der Waals surface area contributed by atoms with Crippen LogP contribution in [-0.4, -0.2) is 36.4 Å². The first-order valence-corrected chi connectivity index (χ1v) is 5.63. The number of nitrogens with one attached hydrogen (secondary N) is 1. The van der Waals surface area contributed by atoms with Crippen molar-refractivity contribution in [1.29, 1.82) is 0 Å². The third-order valence-corrected chi connectivity index (χ3v) is 2.58. The van der Waals surface area contributed by atoms with Crippen LogP contribution in [-0.2, 0) is 9.53 Å². The van der Waals surface area contributed by atoms with Crippen LogP contribution >= 0.6 is 0 Å². The maximum absolute atomic E-state index is 10.9. The molecule has 0 saturated heterocycles. The number of hydrogen-bond acceptors (Lipinski definition) is 3. The maximum Gasteiger partial charge on any atom is 0.323 e. The van der Waals surface area contributed by atoms with Crippen molar-refractivity contribution >= 4 is 5.97 Å². The van der Waals surface area contributed by atoms with Gasteiger partial charge in [-0.05, 0) is 19.8 Å². The summed E-state index contributed by atoms with van der Waals surface area (Å²) in [7, 11) is 0. The predicted octanol–water partition coefficient (Wildman–Crippen LogP) is 1.65. The third-order valence-electron chi connectivity index (χ3n) is 2.58. The van der Waals surface area contributed by atoms with Crippen LogP contribution in [0.2, 0.25) is 0 Å². The van der Waals surface area contributed by atoms with E-state index in [1.54, 1.807) is 6.92 Å². The molecule has 0 aromatic carbocycles. The van der Waals surface area contributed by atoms with Gasteiger partial charge in [-0.3, -0.25) is 10.1 Å². The van der Waals surface area contributed by atoms with Crippen molar-refractivity contribution in [3.63, 3.8) is 0 Å². The molecule has 4 nitrogen and oxygen atoms in total. The Balaban J connectivity index is 3.60. The van der Waals surface area contributed by atoms with Crippen LogP contribution in [0.5, 0.6) is 0 Å². The van der Waals surface area contributed by atoms with Gasteiger partial charge in [0.05, 0.1) is 6.61 Å². The lowest BCUT2D eigenvalue weighted by Gasteiger charge is -2.24. The van der Waals surface area contributed by atoms with E-state index in [0.717, 1.165) is 19.4 Å². The molecule has 90 valence electrons. The first-order valence-electron chi connectivity index (χ1n) is 5.63. The van der Waals surface area contributed by atoms with Crippen LogP contribution in [0, 0.1) is 0 Å². The number of ether oxygens (including phenoxy) is 1. The monoisotopic (exact) mass is 217 g/mol. The molecule has 0 aromatic rings. The van der Waals surface area contributed by atoms with Gasteiger partial charge in [-0.25, -0.2) is 0 Å². The Morgan fingerprint density at radius 3 is 2.53 bits per heavy atom. The van der Waals surface area contributed by atoms with Crippen molar-refractivity contribution in [2.45, 2.75) is 45.6 Å². The Hall–Kier alpha value is -0.610. The first-order chi connectivity index (χ1) is 7.06. The van der Waals surface area contributed by atoms with E-state index in [9.17, 15) is 4.79 Å². The van der Waals surface area contributed by atoms with Crippen molar-refractivity contribution in [2.75, 3.05) is 19.8 Å². The normalized spacial score (nSPS) is 14.9. The van der Waals surface area contributed by atoms with Crippen LogP contribution in [0.4, 0.5) is 0 Å². The first kappa shape index (κ1) is 14.4. The van der Waals surface area contributed by atoms with Crippen molar-refractivity contribution in [1.82, 2.24) is 5.32 Å². The minimum atomic E-state index is -0.825. The van der Waals surface area contributed by atoms with Crippen LogP contribution in [0.15, 0.2) is 0 Å². The second kappa shape index (κ2) is 7.65. The second-order valence-electron chi connectivity index (χ2n) is 3.88. The number of rotatable bonds is 9. The van der Waals surface area contributed by atoms with Crippen molar-refractivity contribution in [3.05, 3.63) is 0 Å². The number of carboxylic acid groups (broad SMARTS) is 1. The Morgan fingerprint density at radius 1 is 1.40 bits per heavy atom. The zero-order valence-corrected chi connectivity index (χ0v) is 10.0. The number of carboxylic acids is 1. The number of unbranched alkanes of at least 4 members (excludes halogenated alkanes) is 1. The number of hydrogen-bond donors (Lipinski definition) is 2. The molecule has 0 amide bonds. The SMILES string of the molecule is CCCCOCCNC(C)(CC)C(=O)O. The molecule has 0 radical (unpaired) electrons. The van der Waals surface area contributed by atoms with E-state index in [0.29, 0.717) is 19.6 Å². The van der Waals surface area contributed by atoms with Gasteiger partial charge in [0, 0.05) is 13.2 Å². The fraction of sp³-hybridized carbons (Fsp3) is 0.909. The van der Waals surface area contributed by atoms with E-state index < -0.39 is 11.5 Å². The highest BCUT2D eigenvalue weighted by Gasteiger charge is 2.29. The summed E-state index contributed by atoms with van der Waals surface area (Å²) in [5.41, 5.74) is -0.825. The van der Waals surface area contributed by atoms with Crippen molar-refractivity contribution in [2.24, 2.45) is 0 Å². The number of carbonyl (C=O) groups is 1. The molecule has 4 heteroatoms. The van der Waals surface area contributed by atoms with Gasteiger partial charge >= 0.3 is 5.97 Å². The van der Waals surface area contributed by atoms with E-state index in [4.69, 9.17) is 9.84 Å². The van der Waals surface area contributed by atoms with Crippen molar-refractivity contribution in [3.8, 4) is 0 Å². The minimum Gasteiger partial charge on any atom is -0.480 e. The standard InChI is InChI=1S/C11H23NO3/c1-4-6-8-15-9-7-12-11(3,5-2)10(13)14/h12H,4-9H2,1-3H3,(H,13,14). The topological polar surface area (TPSA) is 58.6 Å². The zero-order chi connectivity index (χ0) is 11.7. The summed E-state index contributed by atoms with van der Waals surface area (Å²) in [6.07, 6.45) is 2.75. The van der Waals surface area contributed by atoms with Gasteiger partial charge in [-0.2, -0.15) is 0 Å². The Labute approximate surface area is 92.0 Å². The summed E-state index contributed by atoms with van der Waals surface area (Å²) < 4.78 is 5.34. The Bertz CT molecular complexity index is 185. The molecule has 0 aliphatic rings. The van der Waals surface area contributed by atoms with Gasteiger partial charge in [0.2, 0.25) is 0 Å². The molecule has 0 spiro atoms. The summed E-state index contributed by atoms with van der Waals surface area (Å²) >= 11 is 0. The summed E-state index contributed by atoms with van der Waals surface area (Å²) in [4.78, 5) is 10.9. The number of aliphatic carboxylic acids is 1. The lowest BCUT2D eigenvalue weighted by atomic mass is 9.99. The molecule has 2 N–H and O–H groups in total. The van der Waals surface area contributed by atoms with E-state index in [1.807, 2.05) is 6.92 Å². The van der Waals surface area contributed by atoms with Crippen LogP contribution in [0.1, 0.15) is 40.0 Å². The summed E-state index contributed by atoms with van der Waals surface area (Å²) in [6, 6.07) is 0. The molecule has 0 aromatic heterocycles. The molecule has 0 rings (SSSR count). The lowest BCUT2D eigenvalue weighted by molar-refractivity contribution is -0.144. The van der Waals surface area contributed by atoms with E-state index in [-0.39, 0.29) is 0 Å². The summed E-state index contributed by atoms with van der Waals surface area (Å²) in [6.45, 7) is 7.58.